The summed E-state index contributed by atoms with van der Waals surface area (Å²) in [5.74, 6) is -1.59. The summed E-state index contributed by atoms with van der Waals surface area (Å²) >= 11 is 0. The number of carbonyl (C=O) groups excluding carboxylic acids is 2. The molecule has 2 fully saturated rings. The molecule has 0 unspecified atom stereocenters. The first-order valence-corrected chi connectivity index (χ1v) is 8.19. The lowest BCUT2D eigenvalue weighted by molar-refractivity contribution is -0.253. The normalized spacial score (nSPS) is 23.4. The molecule has 0 saturated carbocycles. The van der Waals surface area contributed by atoms with E-state index in [4.69, 9.17) is 0 Å². The smallest absolute Gasteiger partial charge is 0.427 e. The van der Waals surface area contributed by atoms with Crippen LogP contribution in [0.25, 0.3) is 0 Å². The third kappa shape index (κ3) is 3.34. The van der Waals surface area contributed by atoms with Gasteiger partial charge in [0, 0.05) is 26.7 Å². The van der Waals surface area contributed by atoms with E-state index in [1.807, 2.05) is 0 Å². The van der Waals surface area contributed by atoms with E-state index in [9.17, 15) is 27.2 Å². The lowest BCUT2D eigenvalue weighted by Gasteiger charge is -2.30. The van der Waals surface area contributed by atoms with Gasteiger partial charge in [-0.1, -0.05) is 12.1 Å². The van der Waals surface area contributed by atoms with Crippen molar-refractivity contribution in [2.45, 2.75) is 19.0 Å². The number of hydrogen-bond donors (Lipinski definition) is 0. The number of amides is 2. The summed E-state index contributed by atoms with van der Waals surface area (Å²) in [5.41, 5.74) is -0.229. The van der Waals surface area contributed by atoms with Gasteiger partial charge < -0.3 is 14.5 Å². The molecule has 0 aliphatic carbocycles. The minimum Gasteiger partial charge on any atom is -0.427 e. The van der Waals surface area contributed by atoms with E-state index in [2.05, 4.69) is 4.74 Å². The van der Waals surface area contributed by atoms with E-state index in [0.29, 0.717) is 13.1 Å². The van der Waals surface area contributed by atoms with Gasteiger partial charge in [0.15, 0.2) is 0 Å². The number of fused-ring (bicyclic) bond motifs is 1. The van der Waals surface area contributed by atoms with Crippen molar-refractivity contribution in [1.82, 2.24) is 9.80 Å². The fraction of sp³-hybridized carbons (Fsp3) is 0.529. The summed E-state index contributed by atoms with van der Waals surface area (Å²) in [6.45, 7) is 1.09. The third-order valence-electron chi connectivity index (χ3n) is 4.87. The summed E-state index contributed by atoms with van der Waals surface area (Å²) in [4.78, 5) is 28.0. The van der Waals surface area contributed by atoms with Crippen molar-refractivity contribution >= 4 is 11.8 Å². The van der Waals surface area contributed by atoms with E-state index in [-0.39, 0.29) is 29.9 Å². The summed E-state index contributed by atoms with van der Waals surface area (Å²) in [6, 6.07) is 5.04. The van der Waals surface area contributed by atoms with Gasteiger partial charge in [0.1, 0.15) is 5.75 Å². The van der Waals surface area contributed by atoms with Crippen LogP contribution in [0.15, 0.2) is 24.3 Å². The molecule has 2 aliphatic heterocycles. The number of alkyl halides is 4. The Labute approximate surface area is 147 Å². The first kappa shape index (κ1) is 18.5. The number of para-hydroxylation sites is 1. The Kier molecular flexibility index (Phi) is 4.81. The van der Waals surface area contributed by atoms with Crippen LogP contribution < -0.4 is 4.74 Å². The number of benzene rings is 1. The molecule has 2 saturated heterocycles. The molecule has 0 spiro atoms. The van der Waals surface area contributed by atoms with Crippen LogP contribution in [0, 0.1) is 11.8 Å². The SMILES string of the molecule is CN1CC[C@@H]2CN(C(=O)c3ccccc3OC(F)(F)C(F)F)C[C@@H]2C1=O. The molecule has 2 amide bonds. The number of hydrogen-bond acceptors (Lipinski definition) is 3. The zero-order chi connectivity index (χ0) is 19.1. The fourth-order valence-electron chi connectivity index (χ4n) is 3.46. The van der Waals surface area contributed by atoms with Crippen molar-refractivity contribution in [2.24, 2.45) is 11.8 Å². The molecule has 1 aromatic carbocycles. The highest BCUT2D eigenvalue weighted by atomic mass is 19.3. The van der Waals surface area contributed by atoms with Crippen LogP contribution in [-0.4, -0.2) is 60.8 Å². The summed E-state index contributed by atoms with van der Waals surface area (Å²) in [5, 5.41) is 0. The van der Waals surface area contributed by atoms with Crippen LogP contribution in [0.3, 0.4) is 0 Å². The first-order chi connectivity index (χ1) is 12.2. The second-order valence-electron chi connectivity index (χ2n) is 6.59. The van der Waals surface area contributed by atoms with Gasteiger partial charge in [-0.3, -0.25) is 9.59 Å². The van der Waals surface area contributed by atoms with Gasteiger partial charge >= 0.3 is 12.5 Å². The van der Waals surface area contributed by atoms with E-state index >= 15 is 0 Å². The van der Waals surface area contributed by atoms with E-state index < -0.39 is 24.2 Å². The van der Waals surface area contributed by atoms with E-state index in [1.54, 1.807) is 11.9 Å². The average Bonchev–Trinajstić information content (AvgIpc) is 3.03. The van der Waals surface area contributed by atoms with Gasteiger partial charge in [-0.05, 0) is 24.5 Å². The third-order valence-corrected chi connectivity index (χ3v) is 4.87. The van der Waals surface area contributed by atoms with Gasteiger partial charge in [-0.2, -0.15) is 17.6 Å². The molecule has 2 atom stereocenters. The molecule has 1 aromatic rings. The maximum atomic E-state index is 13.2. The number of ether oxygens (including phenoxy) is 1. The Bertz CT molecular complexity index is 713. The second kappa shape index (κ2) is 6.77. The molecular formula is C17H18F4N2O3. The van der Waals surface area contributed by atoms with Gasteiger partial charge in [-0.15, -0.1) is 0 Å². The molecule has 26 heavy (non-hydrogen) atoms. The number of likely N-dealkylation sites (tertiary alicyclic amines) is 2. The van der Waals surface area contributed by atoms with E-state index in [0.717, 1.165) is 12.5 Å². The van der Waals surface area contributed by atoms with Crippen LogP contribution in [-0.2, 0) is 4.79 Å². The average molecular weight is 374 g/mol. The van der Waals surface area contributed by atoms with Crippen molar-refractivity contribution < 1.29 is 31.9 Å². The Hall–Kier alpha value is -2.32. The predicted octanol–water partition coefficient (Wildman–Crippen LogP) is 2.47. The van der Waals surface area contributed by atoms with Crippen LogP contribution in [0.2, 0.25) is 0 Å². The molecule has 0 N–H and O–H groups in total. The maximum absolute atomic E-state index is 13.2. The zero-order valence-corrected chi connectivity index (χ0v) is 14.0. The number of carbonyl (C=O) groups is 2. The van der Waals surface area contributed by atoms with Crippen molar-refractivity contribution in [3.8, 4) is 5.75 Å². The standard InChI is InChI=1S/C17H18F4N2O3/c1-22-7-6-10-8-23(9-12(10)14(22)24)15(25)11-4-2-3-5-13(11)26-17(20,21)16(18)19/h2-5,10,12,16H,6-9H2,1H3/t10-,12+/m1/s1. The van der Waals surface area contributed by atoms with Crippen LogP contribution in [0.5, 0.6) is 5.75 Å². The number of nitrogens with zero attached hydrogens (tertiary/aromatic N) is 2. The molecule has 0 aromatic heterocycles. The fourth-order valence-corrected chi connectivity index (χ4v) is 3.46. The highest BCUT2D eigenvalue weighted by molar-refractivity contribution is 5.97. The highest BCUT2D eigenvalue weighted by Crippen LogP contribution is 2.35. The Balaban J connectivity index is 1.80. The number of halogens is 4. The Morgan fingerprint density at radius 1 is 1.27 bits per heavy atom. The lowest BCUT2D eigenvalue weighted by atomic mass is 9.88. The largest absolute Gasteiger partial charge is 0.461 e. The second-order valence-corrected chi connectivity index (χ2v) is 6.59. The molecule has 2 heterocycles. The number of rotatable bonds is 4. The predicted molar refractivity (Wildman–Crippen MR) is 83.2 cm³/mol. The molecule has 3 rings (SSSR count). The molecule has 9 heteroatoms. The van der Waals surface area contributed by atoms with Gasteiger partial charge in [0.2, 0.25) is 5.91 Å². The maximum Gasteiger partial charge on any atom is 0.461 e. The number of piperidine rings is 1. The molecule has 5 nitrogen and oxygen atoms in total. The topological polar surface area (TPSA) is 49.9 Å². The molecular weight excluding hydrogens is 356 g/mol. The van der Waals surface area contributed by atoms with Crippen LogP contribution in [0.4, 0.5) is 17.6 Å². The van der Waals surface area contributed by atoms with Crippen molar-refractivity contribution in [3.05, 3.63) is 29.8 Å². The highest BCUT2D eigenvalue weighted by Gasteiger charge is 2.46. The van der Waals surface area contributed by atoms with Gasteiger partial charge in [0.25, 0.3) is 5.91 Å². The van der Waals surface area contributed by atoms with Crippen LogP contribution >= 0.6 is 0 Å². The summed E-state index contributed by atoms with van der Waals surface area (Å²) in [7, 11) is 1.69. The summed E-state index contributed by atoms with van der Waals surface area (Å²) < 4.78 is 55.4. The molecule has 0 radical (unpaired) electrons. The Morgan fingerprint density at radius 2 is 1.96 bits per heavy atom. The Morgan fingerprint density at radius 3 is 2.65 bits per heavy atom. The van der Waals surface area contributed by atoms with Crippen LogP contribution in [0.1, 0.15) is 16.8 Å². The minimum atomic E-state index is -4.70. The monoisotopic (exact) mass is 374 g/mol. The molecule has 142 valence electrons. The van der Waals surface area contributed by atoms with Crippen molar-refractivity contribution in [1.29, 1.82) is 0 Å². The summed E-state index contributed by atoms with van der Waals surface area (Å²) in [6.07, 6.45) is -7.97. The van der Waals surface area contributed by atoms with Crippen molar-refractivity contribution in [3.63, 3.8) is 0 Å². The first-order valence-electron chi connectivity index (χ1n) is 8.19. The van der Waals surface area contributed by atoms with Crippen molar-refractivity contribution in [2.75, 3.05) is 26.7 Å². The van der Waals surface area contributed by atoms with Gasteiger partial charge in [-0.25, -0.2) is 0 Å². The van der Waals surface area contributed by atoms with Gasteiger partial charge in [0.05, 0.1) is 11.5 Å². The minimum absolute atomic E-state index is 0.0123. The lowest BCUT2D eigenvalue weighted by Crippen LogP contribution is -2.42. The van der Waals surface area contributed by atoms with E-state index in [1.165, 1.54) is 23.1 Å². The quantitative estimate of drug-likeness (QED) is 0.761. The molecule has 2 aliphatic rings. The molecule has 0 bridgehead atoms. The zero-order valence-electron chi connectivity index (χ0n) is 14.0.